The van der Waals surface area contributed by atoms with Crippen LogP contribution >= 0.6 is 0 Å². The molecule has 1 aliphatic carbocycles. The topological polar surface area (TPSA) is 53.4 Å². The minimum Gasteiger partial charge on any atom is -0.478 e. The van der Waals surface area contributed by atoms with Crippen molar-refractivity contribution in [2.75, 3.05) is 18.5 Å². The summed E-state index contributed by atoms with van der Waals surface area (Å²) in [6, 6.07) is 1.88. The van der Waals surface area contributed by atoms with E-state index in [2.05, 4.69) is 9.88 Å². The lowest BCUT2D eigenvalue weighted by Gasteiger charge is -2.25. The van der Waals surface area contributed by atoms with Crippen molar-refractivity contribution in [3.63, 3.8) is 0 Å². The Morgan fingerprint density at radius 1 is 1.42 bits per heavy atom. The summed E-state index contributed by atoms with van der Waals surface area (Å²) < 4.78 is 0. The van der Waals surface area contributed by atoms with Crippen LogP contribution in [0.2, 0.25) is 0 Å². The summed E-state index contributed by atoms with van der Waals surface area (Å²) in [5.41, 5.74) is 2.60. The number of aryl methyl sites for hydroxylation is 2. The standard InChI is InChI=1S/C15H22N2O2/c1-10-8-13(14(15(18)19)11(2)16-10)17(3)9-12-6-4-5-7-12/h8,12H,4-7,9H2,1-3H3,(H,18,19). The van der Waals surface area contributed by atoms with Crippen LogP contribution in [0.15, 0.2) is 6.07 Å². The first-order chi connectivity index (χ1) is 8.99. The lowest BCUT2D eigenvalue weighted by atomic mass is 10.1. The quantitative estimate of drug-likeness (QED) is 0.906. The van der Waals surface area contributed by atoms with E-state index in [0.717, 1.165) is 17.9 Å². The molecule has 1 N–H and O–H groups in total. The van der Waals surface area contributed by atoms with Crippen molar-refractivity contribution in [3.05, 3.63) is 23.0 Å². The van der Waals surface area contributed by atoms with Crippen LogP contribution in [0.5, 0.6) is 0 Å². The highest BCUT2D eigenvalue weighted by molar-refractivity contribution is 5.95. The van der Waals surface area contributed by atoms with Gasteiger partial charge in [-0.2, -0.15) is 0 Å². The number of carboxylic acid groups (broad SMARTS) is 1. The molecule has 0 unspecified atom stereocenters. The van der Waals surface area contributed by atoms with Gasteiger partial charge < -0.3 is 10.0 Å². The molecule has 0 aromatic carbocycles. The third kappa shape index (κ3) is 3.06. The maximum atomic E-state index is 11.4. The molecule has 1 aliphatic rings. The first kappa shape index (κ1) is 13.8. The third-order valence-electron chi connectivity index (χ3n) is 3.94. The molecule has 19 heavy (non-hydrogen) atoms. The smallest absolute Gasteiger partial charge is 0.339 e. The van der Waals surface area contributed by atoms with Gasteiger partial charge in [-0.3, -0.25) is 4.98 Å². The van der Waals surface area contributed by atoms with E-state index in [4.69, 9.17) is 0 Å². The van der Waals surface area contributed by atoms with Gasteiger partial charge in [0.25, 0.3) is 0 Å². The van der Waals surface area contributed by atoms with Crippen molar-refractivity contribution in [1.29, 1.82) is 0 Å². The molecular formula is C15H22N2O2. The normalized spacial score (nSPS) is 15.7. The summed E-state index contributed by atoms with van der Waals surface area (Å²) in [6.45, 7) is 4.61. The Labute approximate surface area is 114 Å². The number of carbonyl (C=O) groups is 1. The zero-order valence-corrected chi connectivity index (χ0v) is 11.9. The predicted octanol–water partition coefficient (Wildman–Crippen LogP) is 3.02. The molecule has 0 aliphatic heterocycles. The zero-order chi connectivity index (χ0) is 14.0. The average molecular weight is 262 g/mol. The summed E-state index contributed by atoms with van der Waals surface area (Å²) in [6.07, 6.45) is 5.13. The van der Waals surface area contributed by atoms with Gasteiger partial charge in [-0.25, -0.2) is 4.79 Å². The number of aromatic nitrogens is 1. The molecule has 0 atom stereocenters. The van der Waals surface area contributed by atoms with E-state index < -0.39 is 5.97 Å². The third-order valence-corrected chi connectivity index (χ3v) is 3.94. The first-order valence-electron chi connectivity index (χ1n) is 6.91. The minimum absolute atomic E-state index is 0.339. The molecular weight excluding hydrogens is 240 g/mol. The van der Waals surface area contributed by atoms with Gasteiger partial charge in [-0.15, -0.1) is 0 Å². The lowest BCUT2D eigenvalue weighted by molar-refractivity contribution is 0.0696. The molecule has 0 bridgehead atoms. The van der Waals surface area contributed by atoms with Crippen LogP contribution in [-0.2, 0) is 0 Å². The van der Waals surface area contributed by atoms with Gasteiger partial charge in [0.2, 0.25) is 0 Å². The number of rotatable bonds is 4. The van der Waals surface area contributed by atoms with Gasteiger partial charge in [0, 0.05) is 19.3 Å². The Balaban J connectivity index is 2.28. The number of nitrogens with zero attached hydrogens (tertiary/aromatic N) is 2. The summed E-state index contributed by atoms with van der Waals surface area (Å²) in [5.74, 6) is -0.196. The highest BCUT2D eigenvalue weighted by Gasteiger charge is 2.22. The fourth-order valence-corrected chi connectivity index (χ4v) is 3.05. The van der Waals surface area contributed by atoms with Crippen molar-refractivity contribution in [2.45, 2.75) is 39.5 Å². The van der Waals surface area contributed by atoms with E-state index in [-0.39, 0.29) is 0 Å². The molecule has 0 amide bonds. The minimum atomic E-state index is -0.890. The molecule has 2 rings (SSSR count). The van der Waals surface area contributed by atoms with Gasteiger partial charge in [0.15, 0.2) is 0 Å². The largest absolute Gasteiger partial charge is 0.478 e. The molecule has 1 aromatic rings. The molecule has 0 radical (unpaired) electrons. The van der Waals surface area contributed by atoms with Crippen LogP contribution in [0, 0.1) is 19.8 Å². The van der Waals surface area contributed by atoms with Gasteiger partial charge >= 0.3 is 5.97 Å². The lowest BCUT2D eigenvalue weighted by Crippen LogP contribution is -2.26. The number of anilines is 1. The zero-order valence-electron chi connectivity index (χ0n) is 11.9. The number of pyridine rings is 1. The first-order valence-corrected chi connectivity index (χ1v) is 6.91. The van der Waals surface area contributed by atoms with E-state index >= 15 is 0 Å². The summed E-state index contributed by atoms with van der Waals surface area (Å²) in [4.78, 5) is 17.8. The molecule has 4 nitrogen and oxygen atoms in total. The predicted molar refractivity (Wildman–Crippen MR) is 75.9 cm³/mol. The molecule has 4 heteroatoms. The number of hydrogen-bond acceptors (Lipinski definition) is 3. The average Bonchev–Trinajstić information content (AvgIpc) is 2.79. The van der Waals surface area contributed by atoms with Crippen LogP contribution in [0.1, 0.15) is 47.4 Å². The van der Waals surface area contributed by atoms with Crippen molar-refractivity contribution < 1.29 is 9.90 Å². The van der Waals surface area contributed by atoms with Gasteiger partial charge in [0.1, 0.15) is 5.56 Å². The van der Waals surface area contributed by atoms with Gasteiger partial charge in [-0.1, -0.05) is 12.8 Å². The SMILES string of the molecule is Cc1cc(N(C)CC2CCCC2)c(C(=O)O)c(C)n1. The second kappa shape index (κ2) is 5.59. The molecule has 0 saturated heterocycles. The fourth-order valence-electron chi connectivity index (χ4n) is 3.05. The van der Waals surface area contributed by atoms with Gasteiger partial charge in [-0.05, 0) is 38.7 Å². The summed E-state index contributed by atoms with van der Waals surface area (Å²) >= 11 is 0. The van der Waals surface area contributed by atoms with Crippen molar-refractivity contribution in [1.82, 2.24) is 4.98 Å². The van der Waals surface area contributed by atoms with Crippen molar-refractivity contribution in [3.8, 4) is 0 Å². The van der Waals surface area contributed by atoms with Crippen LogP contribution in [0.4, 0.5) is 5.69 Å². The van der Waals surface area contributed by atoms with E-state index in [1.54, 1.807) is 6.92 Å². The van der Waals surface area contributed by atoms with E-state index in [9.17, 15) is 9.90 Å². The Morgan fingerprint density at radius 2 is 2.05 bits per heavy atom. The maximum absolute atomic E-state index is 11.4. The number of carboxylic acids is 1. The molecule has 1 aromatic heterocycles. The van der Waals surface area contributed by atoms with Gasteiger partial charge in [0.05, 0.1) is 11.4 Å². The van der Waals surface area contributed by atoms with Crippen LogP contribution < -0.4 is 4.90 Å². The molecule has 0 spiro atoms. The Bertz CT molecular complexity index is 479. The molecule has 1 heterocycles. The van der Waals surface area contributed by atoms with E-state index in [0.29, 0.717) is 17.2 Å². The Kier molecular flexibility index (Phi) is 4.08. The van der Waals surface area contributed by atoms with Crippen molar-refractivity contribution in [2.24, 2.45) is 5.92 Å². The van der Waals surface area contributed by atoms with Crippen LogP contribution in [0.3, 0.4) is 0 Å². The van der Waals surface area contributed by atoms with Crippen LogP contribution in [0.25, 0.3) is 0 Å². The number of aromatic carboxylic acids is 1. The maximum Gasteiger partial charge on any atom is 0.339 e. The monoisotopic (exact) mass is 262 g/mol. The second-order valence-electron chi connectivity index (χ2n) is 5.58. The second-order valence-corrected chi connectivity index (χ2v) is 5.58. The highest BCUT2D eigenvalue weighted by Crippen LogP contribution is 2.29. The molecule has 1 fully saturated rings. The molecule has 1 saturated carbocycles. The fraction of sp³-hybridized carbons (Fsp3) is 0.600. The Morgan fingerprint density at radius 3 is 2.63 bits per heavy atom. The Hall–Kier alpha value is -1.58. The van der Waals surface area contributed by atoms with Crippen LogP contribution in [-0.4, -0.2) is 29.7 Å². The van der Waals surface area contributed by atoms with Crippen molar-refractivity contribution >= 4 is 11.7 Å². The summed E-state index contributed by atoms with van der Waals surface area (Å²) in [7, 11) is 1.99. The van der Waals surface area contributed by atoms with E-state index in [1.165, 1.54) is 25.7 Å². The summed E-state index contributed by atoms with van der Waals surface area (Å²) in [5, 5.41) is 9.38. The number of hydrogen-bond donors (Lipinski definition) is 1. The van der Waals surface area contributed by atoms with E-state index in [1.807, 2.05) is 20.0 Å². The highest BCUT2D eigenvalue weighted by atomic mass is 16.4. The molecule has 104 valence electrons.